The van der Waals surface area contributed by atoms with E-state index in [2.05, 4.69) is 15.6 Å². The molecule has 0 atom stereocenters. The molecule has 11 heteroatoms. The molecule has 2 aromatic carbocycles. The number of nitrogens with zero attached hydrogens (tertiary/aromatic N) is 4. The summed E-state index contributed by atoms with van der Waals surface area (Å²) in [6, 6.07) is 12.0. The summed E-state index contributed by atoms with van der Waals surface area (Å²) in [6.07, 6.45) is 0.660. The molecular formula is C19H23N5O5S. The van der Waals surface area contributed by atoms with Gasteiger partial charge in [-0.15, -0.1) is 5.10 Å². The van der Waals surface area contributed by atoms with Gasteiger partial charge >= 0.3 is 0 Å². The maximum absolute atomic E-state index is 12.3. The van der Waals surface area contributed by atoms with Crippen molar-refractivity contribution < 1.29 is 22.8 Å². The van der Waals surface area contributed by atoms with Crippen LogP contribution >= 0.6 is 0 Å². The molecule has 0 aliphatic carbocycles. The maximum atomic E-state index is 12.3. The van der Waals surface area contributed by atoms with Crippen molar-refractivity contribution in [3.05, 3.63) is 48.0 Å². The van der Waals surface area contributed by atoms with E-state index in [-0.39, 0.29) is 17.4 Å². The Morgan fingerprint density at radius 1 is 1.17 bits per heavy atom. The number of carbonyl (C=O) groups excluding carboxylic acids is 1. The number of rotatable bonds is 9. The molecule has 1 aromatic heterocycles. The van der Waals surface area contributed by atoms with Crippen LogP contribution in [-0.4, -0.2) is 68.1 Å². The first-order chi connectivity index (χ1) is 14.3. The highest BCUT2D eigenvalue weighted by molar-refractivity contribution is 7.89. The molecule has 30 heavy (non-hydrogen) atoms. The highest BCUT2D eigenvalue weighted by atomic mass is 32.2. The molecule has 3 aromatic rings. The molecule has 0 aliphatic heterocycles. The highest BCUT2D eigenvalue weighted by Crippen LogP contribution is 2.19. The van der Waals surface area contributed by atoms with Crippen LogP contribution in [0.25, 0.3) is 11.0 Å². The predicted octanol–water partition coefficient (Wildman–Crippen LogP) is 0.478. The number of ether oxygens (including phenoxy) is 1. The molecule has 0 radical (unpaired) electrons. The SMILES string of the molecule is COc1ccc(CCNC(=O)COn2nnc3ccc(S(=O)(=O)N(C)C)cc32)cc1. The van der Waals surface area contributed by atoms with Gasteiger partial charge in [-0.1, -0.05) is 17.0 Å². The summed E-state index contributed by atoms with van der Waals surface area (Å²) in [6.45, 7) is 0.156. The van der Waals surface area contributed by atoms with Crippen LogP contribution in [0.3, 0.4) is 0 Å². The Bertz CT molecular complexity index is 1130. The molecule has 0 fully saturated rings. The van der Waals surface area contributed by atoms with Gasteiger partial charge in [-0.25, -0.2) is 12.7 Å². The number of amides is 1. The van der Waals surface area contributed by atoms with Crippen molar-refractivity contribution in [1.82, 2.24) is 24.8 Å². The number of hydrogen-bond donors (Lipinski definition) is 1. The summed E-state index contributed by atoms with van der Waals surface area (Å²) in [5.74, 6) is 0.446. The number of fused-ring (bicyclic) bond motifs is 1. The van der Waals surface area contributed by atoms with Gasteiger partial charge < -0.3 is 14.9 Å². The molecule has 0 spiro atoms. The number of sulfonamides is 1. The van der Waals surface area contributed by atoms with Gasteiger partial charge in [-0.3, -0.25) is 4.79 Å². The van der Waals surface area contributed by atoms with Crippen molar-refractivity contribution in [2.45, 2.75) is 11.3 Å². The zero-order valence-electron chi connectivity index (χ0n) is 16.9. The Morgan fingerprint density at radius 2 is 1.90 bits per heavy atom. The van der Waals surface area contributed by atoms with E-state index in [1.54, 1.807) is 7.11 Å². The average Bonchev–Trinajstić information content (AvgIpc) is 3.15. The van der Waals surface area contributed by atoms with E-state index in [1.807, 2.05) is 24.3 Å². The zero-order chi connectivity index (χ0) is 21.7. The topological polar surface area (TPSA) is 116 Å². The van der Waals surface area contributed by atoms with Crippen LogP contribution in [0.5, 0.6) is 5.75 Å². The van der Waals surface area contributed by atoms with Gasteiger partial charge in [0.25, 0.3) is 5.91 Å². The van der Waals surface area contributed by atoms with Crippen molar-refractivity contribution in [3.8, 4) is 5.75 Å². The van der Waals surface area contributed by atoms with Gasteiger partial charge in [0.05, 0.1) is 12.0 Å². The van der Waals surface area contributed by atoms with Gasteiger partial charge in [0.1, 0.15) is 16.8 Å². The van der Waals surface area contributed by atoms with Gasteiger partial charge in [0.2, 0.25) is 10.0 Å². The fourth-order valence-electron chi connectivity index (χ4n) is 2.65. The molecule has 160 valence electrons. The van der Waals surface area contributed by atoms with E-state index in [9.17, 15) is 13.2 Å². The van der Waals surface area contributed by atoms with Crippen molar-refractivity contribution in [1.29, 1.82) is 0 Å². The third kappa shape index (κ3) is 4.86. The Labute approximate surface area is 174 Å². The molecule has 0 bridgehead atoms. The summed E-state index contributed by atoms with van der Waals surface area (Å²) < 4.78 is 30.8. The largest absolute Gasteiger partial charge is 0.497 e. The number of aromatic nitrogens is 3. The first-order valence-electron chi connectivity index (χ1n) is 9.12. The third-order valence-corrected chi connectivity index (χ3v) is 6.19. The lowest BCUT2D eigenvalue weighted by Crippen LogP contribution is -2.33. The van der Waals surface area contributed by atoms with Gasteiger partial charge in [0, 0.05) is 20.6 Å². The van der Waals surface area contributed by atoms with Crippen LogP contribution in [0, 0.1) is 0 Å². The highest BCUT2D eigenvalue weighted by Gasteiger charge is 2.19. The normalized spacial score (nSPS) is 11.6. The molecule has 0 saturated heterocycles. The number of nitrogens with one attached hydrogen (secondary N) is 1. The fourth-order valence-corrected chi connectivity index (χ4v) is 3.58. The van der Waals surface area contributed by atoms with Crippen molar-refractivity contribution in [2.24, 2.45) is 0 Å². The minimum Gasteiger partial charge on any atom is -0.497 e. The van der Waals surface area contributed by atoms with E-state index in [1.165, 1.54) is 32.3 Å². The zero-order valence-corrected chi connectivity index (χ0v) is 17.7. The molecule has 10 nitrogen and oxygen atoms in total. The molecule has 3 rings (SSSR count). The number of benzene rings is 2. The number of hydrogen-bond acceptors (Lipinski definition) is 7. The van der Waals surface area contributed by atoms with Crippen molar-refractivity contribution in [2.75, 3.05) is 34.4 Å². The molecule has 1 heterocycles. The van der Waals surface area contributed by atoms with Crippen LogP contribution in [-0.2, 0) is 21.2 Å². The summed E-state index contributed by atoms with van der Waals surface area (Å²) in [4.78, 5) is 18.6. The van der Waals surface area contributed by atoms with Gasteiger partial charge in [-0.05, 0) is 47.5 Å². The van der Waals surface area contributed by atoms with E-state index >= 15 is 0 Å². The second-order valence-electron chi connectivity index (χ2n) is 6.62. The van der Waals surface area contributed by atoms with E-state index in [4.69, 9.17) is 9.57 Å². The molecule has 0 aliphatic rings. The average molecular weight is 433 g/mol. The Balaban J connectivity index is 1.57. The lowest BCUT2D eigenvalue weighted by Gasteiger charge is -2.11. The van der Waals surface area contributed by atoms with E-state index < -0.39 is 10.0 Å². The summed E-state index contributed by atoms with van der Waals surface area (Å²) in [5, 5.41) is 10.5. The van der Waals surface area contributed by atoms with Crippen molar-refractivity contribution >= 4 is 27.0 Å². The molecule has 0 unspecified atom stereocenters. The number of carbonyl (C=O) groups is 1. The quantitative estimate of drug-likeness (QED) is 0.522. The Hall–Kier alpha value is -3.18. The van der Waals surface area contributed by atoms with Crippen LogP contribution in [0.2, 0.25) is 0 Å². The number of methoxy groups -OCH3 is 1. The van der Waals surface area contributed by atoms with E-state index in [0.29, 0.717) is 24.0 Å². The monoisotopic (exact) mass is 433 g/mol. The predicted molar refractivity (Wildman–Crippen MR) is 110 cm³/mol. The lowest BCUT2D eigenvalue weighted by atomic mass is 10.1. The minimum atomic E-state index is -3.62. The van der Waals surface area contributed by atoms with Gasteiger partial charge in [-0.2, -0.15) is 0 Å². The van der Waals surface area contributed by atoms with Gasteiger partial charge in [0.15, 0.2) is 6.61 Å². The van der Waals surface area contributed by atoms with Crippen LogP contribution in [0.15, 0.2) is 47.4 Å². The minimum absolute atomic E-state index is 0.0797. The summed E-state index contributed by atoms with van der Waals surface area (Å²) >= 11 is 0. The lowest BCUT2D eigenvalue weighted by molar-refractivity contribution is -0.126. The summed E-state index contributed by atoms with van der Waals surface area (Å²) in [5.41, 5.74) is 1.87. The fraction of sp³-hybridized carbons (Fsp3) is 0.316. The van der Waals surface area contributed by atoms with Crippen LogP contribution in [0.4, 0.5) is 0 Å². The molecule has 1 N–H and O–H groups in total. The smallest absolute Gasteiger partial charge is 0.260 e. The third-order valence-electron chi connectivity index (χ3n) is 4.38. The van der Waals surface area contributed by atoms with Crippen LogP contribution in [0.1, 0.15) is 5.56 Å². The first kappa shape index (κ1) is 21.5. The Morgan fingerprint density at radius 3 is 2.57 bits per heavy atom. The van der Waals surface area contributed by atoms with Crippen LogP contribution < -0.4 is 14.9 Å². The molecule has 1 amide bonds. The second kappa shape index (κ2) is 9.09. The van der Waals surface area contributed by atoms with E-state index in [0.717, 1.165) is 20.5 Å². The van der Waals surface area contributed by atoms with Crippen molar-refractivity contribution in [3.63, 3.8) is 0 Å². The maximum Gasteiger partial charge on any atom is 0.260 e. The summed E-state index contributed by atoms with van der Waals surface area (Å²) in [7, 11) is 0.884. The standard InChI is InChI=1S/C19H23N5O5S/c1-23(2)30(26,27)16-8-9-17-18(12-16)24(22-21-17)29-13-19(25)20-11-10-14-4-6-15(28-3)7-5-14/h4-9,12H,10-11,13H2,1-3H3,(H,20,25). The molecular weight excluding hydrogens is 410 g/mol. The first-order valence-corrected chi connectivity index (χ1v) is 10.6. The molecule has 0 saturated carbocycles. The Kier molecular flexibility index (Phi) is 6.53. The second-order valence-corrected chi connectivity index (χ2v) is 8.77.